The Morgan fingerprint density at radius 2 is 0.868 bits per heavy atom. The number of aliphatic carboxylic acids is 2. The van der Waals surface area contributed by atoms with E-state index in [1.54, 1.807) is 9.80 Å². The number of carboxylic acid groups (broad SMARTS) is 2. The Hall–Kier alpha value is -3.68. The zero-order chi connectivity index (χ0) is 27.1. The molecule has 0 radical (unpaired) electrons. The van der Waals surface area contributed by atoms with E-state index in [-0.39, 0.29) is 24.9 Å². The van der Waals surface area contributed by atoms with Crippen LogP contribution in [-0.4, -0.2) is 47.1 Å². The van der Waals surface area contributed by atoms with E-state index in [1.807, 2.05) is 60.7 Å². The number of benzene rings is 2. The van der Waals surface area contributed by atoms with Crippen LogP contribution in [-0.2, 0) is 19.2 Å². The smallest absolute Gasteiger partial charge is 0.307 e. The minimum Gasteiger partial charge on any atom is -0.481 e. The Kier molecular flexibility index (Phi) is 9.15. The van der Waals surface area contributed by atoms with Gasteiger partial charge in [-0.2, -0.15) is 0 Å². The highest BCUT2D eigenvalue weighted by Gasteiger charge is 2.40. The molecule has 0 aromatic heterocycles. The van der Waals surface area contributed by atoms with Crippen LogP contribution in [0.2, 0.25) is 0 Å². The van der Waals surface area contributed by atoms with Crippen LogP contribution in [0.1, 0.15) is 51.4 Å². The minimum atomic E-state index is -0.950. The number of rotatable bonds is 9. The van der Waals surface area contributed by atoms with Crippen LogP contribution >= 0.6 is 0 Å². The fourth-order valence-electron chi connectivity index (χ4n) is 5.99. The molecule has 2 saturated carbocycles. The molecular formula is C30H36N2O6. The summed E-state index contributed by atoms with van der Waals surface area (Å²) in [5, 5.41) is 19.6. The van der Waals surface area contributed by atoms with Crippen LogP contribution in [0.15, 0.2) is 60.7 Å². The monoisotopic (exact) mass is 520 g/mol. The van der Waals surface area contributed by atoms with Crippen molar-refractivity contribution in [1.29, 1.82) is 0 Å². The zero-order valence-electron chi connectivity index (χ0n) is 21.6. The Bertz CT molecular complexity index is 1030. The van der Waals surface area contributed by atoms with Crippen molar-refractivity contribution in [1.82, 2.24) is 0 Å². The molecular weight excluding hydrogens is 484 g/mol. The first kappa shape index (κ1) is 27.4. The van der Waals surface area contributed by atoms with Gasteiger partial charge in [0.15, 0.2) is 0 Å². The molecule has 0 aliphatic heterocycles. The second-order valence-corrected chi connectivity index (χ2v) is 10.3. The minimum absolute atomic E-state index is 0.163. The van der Waals surface area contributed by atoms with E-state index in [0.29, 0.717) is 37.1 Å². The lowest BCUT2D eigenvalue weighted by Crippen LogP contribution is -2.48. The fourth-order valence-corrected chi connectivity index (χ4v) is 5.99. The Morgan fingerprint density at radius 1 is 0.553 bits per heavy atom. The maximum absolute atomic E-state index is 13.9. The molecule has 2 aromatic rings. The molecule has 2 aliphatic rings. The summed E-state index contributed by atoms with van der Waals surface area (Å²) in [6, 6.07) is 18.2. The molecule has 8 heteroatoms. The van der Waals surface area contributed by atoms with Crippen molar-refractivity contribution < 1.29 is 29.4 Å². The van der Waals surface area contributed by atoms with E-state index in [0.717, 1.165) is 25.7 Å². The number of nitrogens with zero attached hydrogens (tertiary/aromatic N) is 2. The summed E-state index contributed by atoms with van der Waals surface area (Å²) in [5.41, 5.74) is 1.29. The van der Waals surface area contributed by atoms with Crippen molar-refractivity contribution in [3.05, 3.63) is 60.7 Å². The number of anilines is 2. The first-order valence-electron chi connectivity index (χ1n) is 13.6. The number of hydrogen-bond acceptors (Lipinski definition) is 4. The Morgan fingerprint density at radius 3 is 1.18 bits per heavy atom. The molecule has 4 atom stereocenters. The lowest BCUT2D eigenvalue weighted by atomic mass is 9.78. The fraction of sp³-hybridized carbons (Fsp3) is 0.467. The van der Waals surface area contributed by atoms with E-state index in [2.05, 4.69) is 0 Å². The molecule has 2 fully saturated rings. The van der Waals surface area contributed by atoms with E-state index >= 15 is 0 Å². The molecule has 2 aromatic carbocycles. The predicted octanol–water partition coefficient (Wildman–Crippen LogP) is 4.83. The van der Waals surface area contributed by atoms with Gasteiger partial charge in [0.25, 0.3) is 0 Å². The topological polar surface area (TPSA) is 115 Å². The van der Waals surface area contributed by atoms with Crippen molar-refractivity contribution in [3.8, 4) is 0 Å². The quantitative estimate of drug-likeness (QED) is 0.489. The molecule has 4 rings (SSSR count). The first-order chi connectivity index (χ1) is 18.4. The summed E-state index contributed by atoms with van der Waals surface area (Å²) in [6.45, 7) is 0.327. The lowest BCUT2D eigenvalue weighted by Gasteiger charge is -2.36. The van der Waals surface area contributed by atoms with Crippen LogP contribution in [0.5, 0.6) is 0 Å². The van der Waals surface area contributed by atoms with Crippen LogP contribution in [0.4, 0.5) is 11.4 Å². The first-order valence-corrected chi connectivity index (χ1v) is 13.6. The van der Waals surface area contributed by atoms with Crippen molar-refractivity contribution in [3.63, 3.8) is 0 Å². The van der Waals surface area contributed by atoms with E-state index in [9.17, 15) is 29.4 Å². The van der Waals surface area contributed by atoms with Gasteiger partial charge in [0, 0.05) is 24.5 Å². The third-order valence-electron chi connectivity index (χ3n) is 8.02. The molecule has 2 N–H and O–H groups in total. The molecule has 202 valence electrons. The number of amides is 2. The molecule has 0 spiro atoms. The largest absolute Gasteiger partial charge is 0.481 e. The highest BCUT2D eigenvalue weighted by Crippen LogP contribution is 2.35. The molecule has 2 amide bonds. The summed E-state index contributed by atoms with van der Waals surface area (Å²) in [6.07, 6.45) is 5.16. The predicted molar refractivity (Wildman–Crippen MR) is 144 cm³/mol. The van der Waals surface area contributed by atoms with Gasteiger partial charge in [0.05, 0.1) is 23.7 Å². The highest BCUT2D eigenvalue weighted by atomic mass is 16.4. The van der Waals surface area contributed by atoms with Crippen LogP contribution < -0.4 is 9.80 Å². The lowest BCUT2D eigenvalue weighted by molar-refractivity contribution is -0.148. The number of hydrogen-bond donors (Lipinski definition) is 2. The average molecular weight is 521 g/mol. The van der Waals surface area contributed by atoms with Gasteiger partial charge in [-0.25, -0.2) is 0 Å². The molecule has 0 saturated heterocycles. The van der Waals surface area contributed by atoms with E-state index in [4.69, 9.17) is 0 Å². The van der Waals surface area contributed by atoms with Gasteiger partial charge in [-0.05, 0) is 49.9 Å². The molecule has 0 bridgehead atoms. The molecule has 2 aliphatic carbocycles. The van der Waals surface area contributed by atoms with Crippen LogP contribution in [0.25, 0.3) is 0 Å². The van der Waals surface area contributed by atoms with Crippen molar-refractivity contribution >= 4 is 35.1 Å². The number of carbonyl (C=O) groups excluding carboxylic acids is 2. The SMILES string of the molecule is O=C(O)[C@H]1CCCC[C@H]1C(=O)N(CCN(C(=O)[C@H]1CCCC[C@H]1C(=O)O)c1ccccc1)c1ccccc1. The standard InChI is InChI=1S/C30H36N2O6/c33-27(23-15-7-9-17-25(23)29(35)36)31(21-11-3-1-4-12-21)19-20-32(22-13-5-2-6-14-22)28(34)24-16-8-10-18-26(24)30(37)38/h1-6,11-14,23-26H,7-10,15-20H2,(H,35,36)(H,37,38)/t23-,24+,25+,26-. The third-order valence-corrected chi connectivity index (χ3v) is 8.02. The van der Waals surface area contributed by atoms with Crippen molar-refractivity contribution in [2.24, 2.45) is 23.7 Å². The Balaban J connectivity index is 1.62. The molecule has 0 heterocycles. The van der Waals surface area contributed by atoms with E-state index < -0.39 is 35.6 Å². The van der Waals surface area contributed by atoms with E-state index in [1.165, 1.54) is 0 Å². The van der Waals surface area contributed by atoms with Crippen molar-refractivity contribution in [2.45, 2.75) is 51.4 Å². The van der Waals surface area contributed by atoms with Crippen molar-refractivity contribution in [2.75, 3.05) is 22.9 Å². The van der Waals surface area contributed by atoms with Gasteiger partial charge < -0.3 is 20.0 Å². The maximum Gasteiger partial charge on any atom is 0.307 e. The second-order valence-electron chi connectivity index (χ2n) is 10.3. The Labute approximate surface area is 223 Å². The second kappa shape index (κ2) is 12.7. The molecule has 38 heavy (non-hydrogen) atoms. The third kappa shape index (κ3) is 6.23. The molecule has 0 unspecified atom stereocenters. The number of carboxylic acids is 2. The summed E-state index contributed by atoms with van der Waals surface area (Å²) in [7, 11) is 0. The average Bonchev–Trinajstić information content (AvgIpc) is 2.95. The zero-order valence-corrected chi connectivity index (χ0v) is 21.6. The number of para-hydroxylation sites is 2. The van der Waals surface area contributed by atoms with Gasteiger partial charge in [0.1, 0.15) is 0 Å². The van der Waals surface area contributed by atoms with Gasteiger partial charge >= 0.3 is 11.9 Å². The highest BCUT2D eigenvalue weighted by molar-refractivity contribution is 5.99. The summed E-state index contributed by atoms with van der Waals surface area (Å²) >= 11 is 0. The maximum atomic E-state index is 13.9. The number of carbonyl (C=O) groups is 4. The van der Waals surface area contributed by atoms with Crippen LogP contribution in [0.3, 0.4) is 0 Å². The molecule has 8 nitrogen and oxygen atoms in total. The normalized spacial score (nSPS) is 23.3. The summed E-state index contributed by atoms with van der Waals surface area (Å²) < 4.78 is 0. The van der Waals surface area contributed by atoms with Gasteiger partial charge in [-0.15, -0.1) is 0 Å². The van der Waals surface area contributed by atoms with Crippen LogP contribution in [0, 0.1) is 23.7 Å². The summed E-state index contributed by atoms with van der Waals surface area (Å²) in [5.74, 6) is -5.10. The van der Waals surface area contributed by atoms with Gasteiger partial charge in [-0.3, -0.25) is 19.2 Å². The van der Waals surface area contributed by atoms with Gasteiger partial charge in [-0.1, -0.05) is 62.1 Å². The van der Waals surface area contributed by atoms with Gasteiger partial charge in [0.2, 0.25) is 11.8 Å². The summed E-state index contributed by atoms with van der Waals surface area (Å²) in [4.78, 5) is 54.8.